The Labute approximate surface area is 108 Å². The van der Waals surface area contributed by atoms with E-state index in [1.54, 1.807) is 0 Å². The Balaban J connectivity index is 1.93. The fourth-order valence-electron chi connectivity index (χ4n) is 3.03. The van der Waals surface area contributed by atoms with Gasteiger partial charge in [0, 0.05) is 19.0 Å². The second-order valence-corrected chi connectivity index (χ2v) is 5.32. The van der Waals surface area contributed by atoms with E-state index in [0.29, 0.717) is 12.8 Å². The maximum Gasteiger partial charge on any atom is 0.433 e. The lowest BCUT2D eigenvalue weighted by Gasteiger charge is -2.37. The Bertz CT molecular complexity index is 477. The molecular formula is C13H14F3NO2. The summed E-state index contributed by atoms with van der Waals surface area (Å²) >= 11 is 0. The van der Waals surface area contributed by atoms with Crippen molar-refractivity contribution in [2.24, 2.45) is 0 Å². The molecule has 1 aromatic heterocycles. The van der Waals surface area contributed by atoms with Crippen LogP contribution < -0.4 is 0 Å². The van der Waals surface area contributed by atoms with E-state index in [1.807, 2.05) is 0 Å². The molecule has 2 saturated heterocycles. The highest BCUT2D eigenvalue weighted by Gasteiger charge is 2.45. The van der Waals surface area contributed by atoms with Gasteiger partial charge < -0.3 is 9.84 Å². The summed E-state index contributed by atoms with van der Waals surface area (Å²) in [5.74, 6) is 0. The molecule has 2 fully saturated rings. The van der Waals surface area contributed by atoms with Crippen molar-refractivity contribution in [3.63, 3.8) is 0 Å². The average molecular weight is 273 g/mol. The number of alkyl halides is 3. The minimum Gasteiger partial charge on any atom is -0.385 e. The van der Waals surface area contributed by atoms with Crippen LogP contribution in [0, 0.1) is 0 Å². The minimum atomic E-state index is -4.49. The second kappa shape index (κ2) is 4.18. The minimum absolute atomic E-state index is 0.0498. The van der Waals surface area contributed by atoms with Crippen molar-refractivity contribution in [2.75, 3.05) is 0 Å². The highest BCUT2D eigenvalue weighted by molar-refractivity contribution is 5.26. The summed E-state index contributed by atoms with van der Waals surface area (Å²) in [6.07, 6.45) is -1.05. The maximum atomic E-state index is 12.7. The number of halogens is 3. The predicted molar refractivity (Wildman–Crippen MR) is 60.3 cm³/mol. The van der Waals surface area contributed by atoms with Crippen molar-refractivity contribution in [3.05, 3.63) is 29.6 Å². The van der Waals surface area contributed by atoms with Crippen LogP contribution in [0.4, 0.5) is 13.2 Å². The lowest BCUT2D eigenvalue weighted by molar-refractivity contribution is -0.141. The first kappa shape index (κ1) is 12.9. The van der Waals surface area contributed by atoms with E-state index in [2.05, 4.69) is 4.98 Å². The van der Waals surface area contributed by atoms with Crippen LogP contribution in [0.25, 0.3) is 0 Å². The van der Waals surface area contributed by atoms with Gasteiger partial charge in [-0.1, -0.05) is 0 Å². The summed E-state index contributed by atoms with van der Waals surface area (Å²) in [6, 6.07) is 2.41. The second-order valence-electron chi connectivity index (χ2n) is 5.32. The summed E-state index contributed by atoms with van der Waals surface area (Å²) in [7, 11) is 0. The van der Waals surface area contributed by atoms with E-state index >= 15 is 0 Å². The van der Waals surface area contributed by atoms with Gasteiger partial charge in [-0.05, 0) is 30.5 Å². The third kappa shape index (κ3) is 2.34. The van der Waals surface area contributed by atoms with Crippen LogP contribution >= 0.6 is 0 Å². The van der Waals surface area contributed by atoms with Crippen LogP contribution in [0.3, 0.4) is 0 Å². The van der Waals surface area contributed by atoms with Gasteiger partial charge in [0.15, 0.2) is 0 Å². The summed E-state index contributed by atoms with van der Waals surface area (Å²) in [5.41, 5.74) is -1.90. The lowest BCUT2D eigenvalue weighted by atomic mass is 9.83. The third-order valence-electron chi connectivity index (χ3n) is 3.91. The smallest absolute Gasteiger partial charge is 0.385 e. The number of hydrogen-bond donors (Lipinski definition) is 1. The topological polar surface area (TPSA) is 42.4 Å². The summed E-state index contributed by atoms with van der Waals surface area (Å²) < 4.78 is 43.6. The Morgan fingerprint density at radius 2 is 1.89 bits per heavy atom. The van der Waals surface area contributed by atoms with Gasteiger partial charge in [0.1, 0.15) is 5.69 Å². The molecule has 0 aromatic carbocycles. The summed E-state index contributed by atoms with van der Waals surface area (Å²) in [4.78, 5) is 3.32. The van der Waals surface area contributed by atoms with E-state index < -0.39 is 17.5 Å². The molecule has 0 radical (unpaired) electrons. The normalized spacial score (nSPS) is 34.5. The van der Waals surface area contributed by atoms with Crippen LogP contribution in [0.5, 0.6) is 0 Å². The maximum absolute atomic E-state index is 12.7. The molecule has 0 aliphatic carbocycles. The summed E-state index contributed by atoms with van der Waals surface area (Å²) in [5, 5.41) is 10.6. The molecule has 0 amide bonds. The van der Waals surface area contributed by atoms with Crippen LogP contribution in [0.2, 0.25) is 0 Å². The zero-order valence-electron chi connectivity index (χ0n) is 10.2. The van der Waals surface area contributed by atoms with Gasteiger partial charge in [-0.2, -0.15) is 13.2 Å². The van der Waals surface area contributed by atoms with Crippen molar-refractivity contribution in [2.45, 2.75) is 49.7 Å². The number of rotatable bonds is 1. The third-order valence-corrected chi connectivity index (χ3v) is 3.91. The molecule has 0 saturated carbocycles. The fraction of sp³-hybridized carbons (Fsp3) is 0.615. The number of aromatic nitrogens is 1. The Morgan fingerprint density at radius 1 is 1.26 bits per heavy atom. The van der Waals surface area contributed by atoms with E-state index in [0.717, 1.165) is 25.1 Å². The molecule has 2 bridgehead atoms. The molecule has 3 heterocycles. The molecule has 1 N–H and O–H groups in total. The van der Waals surface area contributed by atoms with Gasteiger partial charge in [0.25, 0.3) is 0 Å². The molecule has 6 heteroatoms. The fourth-order valence-corrected chi connectivity index (χ4v) is 3.03. The number of nitrogens with zero attached hydrogens (tertiary/aromatic N) is 1. The van der Waals surface area contributed by atoms with Crippen molar-refractivity contribution in [1.82, 2.24) is 4.98 Å². The zero-order valence-corrected chi connectivity index (χ0v) is 10.2. The lowest BCUT2D eigenvalue weighted by Crippen LogP contribution is -2.38. The average Bonchev–Trinajstić information content (AvgIpc) is 2.68. The number of pyridine rings is 1. The van der Waals surface area contributed by atoms with Crippen molar-refractivity contribution >= 4 is 0 Å². The molecular weight excluding hydrogens is 259 g/mol. The summed E-state index contributed by atoms with van der Waals surface area (Å²) in [6.45, 7) is 0. The number of ether oxygens (including phenoxy) is 1. The van der Waals surface area contributed by atoms with Crippen LogP contribution in [0.1, 0.15) is 36.9 Å². The van der Waals surface area contributed by atoms with Gasteiger partial charge in [-0.3, -0.25) is 4.98 Å². The van der Waals surface area contributed by atoms with Gasteiger partial charge >= 0.3 is 6.18 Å². The number of fused-ring (bicyclic) bond motifs is 2. The van der Waals surface area contributed by atoms with E-state index in [4.69, 9.17) is 4.74 Å². The van der Waals surface area contributed by atoms with Crippen LogP contribution in [-0.2, 0) is 16.5 Å². The largest absolute Gasteiger partial charge is 0.433 e. The quantitative estimate of drug-likeness (QED) is 0.855. The molecule has 3 rings (SSSR count). The molecule has 2 atom stereocenters. The standard InChI is InChI=1S/C13H14F3NO2/c14-13(15,16)11-5-8(3-4-17-11)12(18)6-9-1-2-10(7-12)19-9/h3-5,9-10,18H,1-2,6-7H2. The van der Waals surface area contributed by atoms with E-state index in [1.165, 1.54) is 6.07 Å². The first-order valence-electron chi connectivity index (χ1n) is 6.28. The molecule has 104 valence electrons. The molecule has 19 heavy (non-hydrogen) atoms. The van der Waals surface area contributed by atoms with Crippen molar-refractivity contribution in [1.29, 1.82) is 0 Å². The van der Waals surface area contributed by atoms with Gasteiger partial charge in [0.2, 0.25) is 0 Å². The molecule has 0 spiro atoms. The SMILES string of the molecule is OC1(c2ccnc(C(F)(F)F)c2)CC2CCC(C1)O2. The Kier molecular flexibility index (Phi) is 2.83. The predicted octanol–water partition coefficient (Wildman–Crippen LogP) is 2.63. The highest BCUT2D eigenvalue weighted by atomic mass is 19.4. The monoisotopic (exact) mass is 273 g/mol. The van der Waals surface area contributed by atoms with Crippen molar-refractivity contribution in [3.8, 4) is 0 Å². The first-order chi connectivity index (χ1) is 8.87. The van der Waals surface area contributed by atoms with E-state index in [-0.39, 0.29) is 17.8 Å². The molecule has 1 aromatic rings. The zero-order chi connectivity index (χ0) is 13.7. The van der Waals surface area contributed by atoms with Gasteiger partial charge in [-0.25, -0.2) is 0 Å². The van der Waals surface area contributed by atoms with Crippen LogP contribution in [-0.4, -0.2) is 22.3 Å². The highest BCUT2D eigenvalue weighted by Crippen LogP contribution is 2.44. The van der Waals surface area contributed by atoms with Gasteiger partial charge in [-0.15, -0.1) is 0 Å². The molecule has 3 nitrogen and oxygen atoms in total. The number of hydrogen-bond acceptors (Lipinski definition) is 3. The Morgan fingerprint density at radius 3 is 2.47 bits per heavy atom. The van der Waals surface area contributed by atoms with Crippen LogP contribution in [0.15, 0.2) is 18.3 Å². The molecule has 2 aliphatic heterocycles. The molecule has 2 unspecified atom stereocenters. The number of aliphatic hydroxyl groups is 1. The first-order valence-corrected chi connectivity index (χ1v) is 6.28. The Hall–Kier alpha value is -1.14. The van der Waals surface area contributed by atoms with Crippen molar-refractivity contribution < 1.29 is 23.0 Å². The van der Waals surface area contributed by atoms with Gasteiger partial charge in [0.05, 0.1) is 17.8 Å². The van der Waals surface area contributed by atoms with E-state index in [9.17, 15) is 18.3 Å². The molecule has 2 aliphatic rings.